The van der Waals surface area contributed by atoms with E-state index in [2.05, 4.69) is 34.7 Å². The van der Waals surface area contributed by atoms with Crippen LogP contribution in [0.2, 0.25) is 0 Å². The molecule has 6 nitrogen and oxygen atoms in total. The normalized spacial score (nSPS) is 16.4. The summed E-state index contributed by atoms with van der Waals surface area (Å²) >= 11 is 0. The fourth-order valence-electron chi connectivity index (χ4n) is 4.85. The van der Waals surface area contributed by atoms with Gasteiger partial charge in [-0.2, -0.15) is 5.10 Å². The van der Waals surface area contributed by atoms with E-state index in [4.69, 9.17) is 4.74 Å². The third-order valence-corrected chi connectivity index (χ3v) is 6.55. The van der Waals surface area contributed by atoms with Gasteiger partial charge in [0, 0.05) is 30.1 Å². The Kier molecular flexibility index (Phi) is 6.80. The van der Waals surface area contributed by atoms with Crippen LogP contribution < -0.4 is 10.1 Å². The van der Waals surface area contributed by atoms with Gasteiger partial charge in [0.2, 0.25) is 6.10 Å². The average molecular weight is 468 g/mol. The number of rotatable bonds is 8. The molecule has 0 saturated heterocycles. The molecular weight excluding hydrogens is 438 g/mol. The summed E-state index contributed by atoms with van der Waals surface area (Å²) in [5.41, 5.74) is 5.61. The summed E-state index contributed by atoms with van der Waals surface area (Å²) in [4.78, 5) is 12.1. The molecule has 1 aliphatic heterocycles. The average Bonchev–Trinajstić information content (AvgIpc) is 3.17. The fraction of sp³-hybridized carbons (Fsp3) is 0.241. The predicted molar refractivity (Wildman–Crippen MR) is 135 cm³/mol. The molecule has 0 fully saturated rings. The van der Waals surface area contributed by atoms with E-state index in [0.29, 0.717) is 5.75 Å². The molecule has 1 aliphatic carbocycles. The zero-order chi connectivity index (χ0) is 24.0. The Morgan fingerprint density at radius 1 is 1.06 bits per heavy atom. The molecule has 3 aromatic rings. The number of carboxylic acid groups (broad SMARTS) is 1. The van der Waals surface area contributed by atoms with E-state index in [-0.39, 0.29) is 12.5 Å². The highest BCUT2D eigenvalue weighted by atomic mass is 16.5. The summed E-state index contributed by atoms with van der Waals surface area (Å²) in [6.45, 7) is 0.120. The lowest BCUT2D eigenvalue weighted by Crippen LogP contribution is -2.32. The van der Waals surface area contributed by atoms with E-state index in [1.165, 1.54) is 5.56 Å². The van der Waals surface area contributed by atoms with Gasteiger partial charge in [0.25, 0.3) is 0 Å². The SMILES string of the molecule is O=C(O)C(Cn1cc(C(C2=CNC=CC=C2)c2ccccc2)cn1)Oc1cccc2c1CCCC2. The monoisotopic (exact) mass is 467 g/mol. The summed E-state index contributed by atoms with van der Waals surface area (Å²) in [5.74, 6) is -0.366. The maximum atomic E-state index is 12.1. The summed E-state index contributed by atoms with van der Waals surface area (Å²) in [5, 5.41) is 17.6. The zero-order valence-electron chi connectivity index (χ0n) is 19.5. The topological polar surface area (TPSA) is 76.4 Å². The number of hydrogen-bond acceptors (Lipinski definition) is 4. The van der Waals surface area contributed by atoms with Gasteiger partial charge in [-0.15, -0.1) is 0 Å². The summed E-state index contributed by atoms with van der Waals surface area (Å²) in [7, 11) is 0. The Labute approximate surface area is 205 Å². The van der Waals surface area contributed by atoms with Crippen molar-refractivity contribution in [3.8, 4) is 5.75 Å². The second-order valence-corrected chi connectivity index (χ2v) is 8.91. The first-order chi connectivity index (χ1) is 17.2. The molecule has 5 rings (SSSR count). The number of hydrogen-bond donors (Lipinski definition) is 2. The molecule has 6 heteroatoms. The van der Waals surface area contributed by atoms with Crippen molar-refractivity contribution in [2.24, 2.45) is 0 Å². The molecule has 2 atom stereocenters. The smallest absolute Gasteiger partial charge is 0.346 e. The first kappa shape index (κ1) is 22.7. The Hall–Kier alpha value is -4.06. The number of fused-ring (bicyclic) bond motifs is 1. The van der Waals surface area contributed by atoms with Crippen molar-refractivity contribution in [2.75, 3.05) is 0 Å². The lowest BCUT2D eigenvalue weighted by Gasteiger charge is -2.22. The Morgan fingerprint density at radius 3 is 2.77 bits per heavy atom. The first-order valence-electron chi connectivity index (χ1n) is 12.1. The number of nitrogens with one attached hydrogen (secondary N) is 1. The number of aromatic nitrogens is 2. The minimum atomic E-state index is -1.03. The van der Waals surface area contributed by atoms with E-state index >= 15 is 0 Å². The van der Waals surface area contributed by atoms with Gasteiger partial charge in [-0.25, -0.2) is 4.79 Å². The van der Waals surface area contributed by atoms with Crippen LogP contribution in [0.3, 0.4) is 0 Å². The van der Waals surface area contributed by atoms with Crippen LogP contribution in [0.1, 0.15) is 41.0 Å². The molecule has 2 heterocycles. The van der Waals surface area contributed by atoms with E-state index in [0.717, 1.165) is 47.9 Å². The molecule has 1 aromatic heterocycles. The number of allylic oxidation sites excluding steroid dienone is 4. The minimum absolute atomic E-state index is 0.0426. The molecule has 0 amide bonds. The standard InChI is InChI=1S/C29H29N3O3/c33-29(34)27(35-26-15-8-13-21-9-4-5-14-25(21)26)20-32-19-24(18-31-32)28(22-10-2-1-3-11-22)23-12-6-7-16-30-17-23/h1-3,6-8,10-13,15-19,27-28,30H,4-5,9,14,20H2,(H,33,34). The number of carbonyl (C=O) groups is 1. The Morgan fingerprint density at radius 2 is 1.91 bits per heavy atom. The summed E-state index contributed by atoms with van der Waals surface area (Å²) in [6.07, 6.45) is 16.8. The van der Waals surface area contributed by atoms with E-state index in [1.54, 1.807) is 4.68 Å². The quantitative estimate of drug-likeness (QED) is 0.489. The van der Waals surface area contributed by atoms with Gasteiger partial charge in [0.1, 0.15) is 5.75 Å². The van der Waals surface area contributed by atoms with Crippen molar-refractivity contribution < 1.29 is 14.6 Å². The van der Waals surface area contributed by atoms with Crippen molar-refractivity contribution in [1.82, 2.24) is 15.1 Å². The van der Waals surface area contributed by atoms with E-state index in [1.807, 2.05) is 67.3 Å². The van der Waals surface area contributed by atoms with Crippen LogP contribution in [0.4, 0.5) is 0 Å². The highest BCUT2D eigenvalue weighted by Gasteiger charge is 2.25. The molecular formula is C29H29N3O3. The lowest BCUT2D eigenvalue weighted by atomic mass is 9.86. The van der Waals surface area contributed by atoms with Crippen LogP contribution in [-0.4, -0.2) is 27.0 Å². The molecule has 2 aliphatic rings. The Balaban J connectivity index is 1.40. The second-order valence-electron chi connectivity index (χ2n) is 8.91. The van der Waals surface area contributed by atoms with Gasteiger partial charge < -0.3 is 15.2 Å². The molecule has 0 saturated carbocycles. The number of aryl methyl sites for hydroxylation is 1. The van der Waals surface area contributed by atoms with Crippen LogP contribution in [-0.2, 0) is 24.2 Å². The molecule has 2 aromatic carbocycles. The maximum Gasteiger partial charge on any atom is 0.346 e. The molecule has 35 heavy (non-hydrogen) atoms. The molecule has 178 valence electrons. The lowest BCUT2D eigenvalue weighted by molar-refractivity contribution is -0.145. The number of carboxylic acids is 1. The van der Waals surface area contributed by atoms with Crippen molar-refractivity contribution in [1.29, 1.82) is 0 Å². The maximum absolute atomic E-state index is 12.1. The van der Waals surface area contributed by atoms with Gasteiger partial charge in [-0.05, 0) is 60.1 Å². The highest BCUT2D eigenvalue weighted by Crippen LogP contribution is 2.33. The highest BCUT2D eigenvalue weighted by molar-refractivity contribution is 5.72. The van der Waals surface area contributed by atoms with Crippen molar-refractivity contribution >= 4 is 5.97 Å². The number of nitrogens with zero attached hydrogens (tertiary/aromatic N) is 2. The largest absolute Gasteiger partial charge is 0.478 e. The van der Waals surface area contributed by atoms with Crippen molar-refractivity contribution in [3.05, 3.63) is 119 Å². The zero-order valence-corrected chi connectivity index (χ0v) is 19.5. The van der Waals surface area contributed by atoms with Gasteiger partial charge in [-0.3, -0.25) is 4.68 Å². The fourth-order valence-corrected chi connectivity index (χ4v) is 4.85. The van der Waals surface area contributed by atoms with Crippen LogP contribution >= 0.6 is 0 Å². The van der Waals surface area contributed by atoms with Gasteiger partial charge >= 0.3 is 5.97 Å². The van der Waals surface area contributed by atoms with E-state index < -0.39 is 12.1 Å². The van der Waals surface area contributed by atoms with Crippen LogP contribution in [0.5, 0.6) is 5.75 Å². The van der Waals surface area contributed by atoms with Crippen LogP contribution in [0.25, 0.3) is 0 Å². The second kappa shape index (κ2) is 10.5. The Bertz CT molecular complexity index is 1270. The third kappa shape index (κ3) is 5.22. The minimum Gasteiger partial charge on any atom is -0.478 e. The van der Waals surface area contributed by atoms with Gasteiger partial charge in [0.05, 0.1) is 12.7 Å². The van der Waals surface area contributed by atoms with Gasteiger partial charge in [0.15, 0.2) is 0 Å². The summed E-state index contributed by atoms with van der Waals surface area (Å²) in [6, 6.07) is 16.2. The van der Waals surface area contributed by atoms with Crippen molar-refractivity contribution in [2.45, 2.75) is 44.2 Å². The van der Waals surface area contributed by atoms with Crippen LogP contribution in [0.15, 0.2) is 97.1 Å². The van der Waals surface area contributed by atoms with Crippen molar-refractivity contribution in [3.63, 3.8) is 0 Å². The first-order valence-corrected chi connectivity index (χ1v) is 12.1. The molecule has 2 N–H and O–H groups in total. The predicted octanol–water partition coefficient (Wildman–Crippen LogP) is 4.98. The number of ether oxygens (including phenoxy) is 1. The van der Waals surface area contributed by atoms with Gasteiger partial charge in [-0.1, -0.05) is 54.6 Å². The molecule has 0 radical (unpaired) electrons. The third-order valence-electron chi connectivity index (χ3n) is 6.55. The number of aliphatic carboxylic acids is 1. The van der Waals surface area contributed by atoms with E-state index in [9.17, 15) is 9.90 Å². The van der Waals surface area contributed by atoms with Crippen LogP contribution in [0, 0.1) is 0 Å². The molecule has 0 spiro atoms. The molecule has 0 bridgehead atoms. The summed E-state index contributed by atoms with van der Waals surface area (Å²) < 4.78 is 7.74. The number of benzene rings is 2. The molecule has 2 unspecified atom stereocenters.